The standard InChI is InChI=1S/C16H13ClN6OS/c17-15-12(10-23(22-15)13-5-2-1-3-6-13)9-20-21-14(24)11-25-16-18-7-4-8-19-16/h1-10H,11H2,(H,21,24)/b20-9+. The number of nitrogens with one attached hydrogen (secondary N) is 1. The van der Waals surface area contributed by atoms with Crippen LogP contribution in [0.1, 0.15) is 5.56 Å². The van der Waals surface area contributed by atoms with Crippen molar-refractivity contribution in [1.82, 2.24) is 25.2 Å². The predicted octanol–water partition coefficient (Wildman–Crippen LogP) is 2.56. The first-order valence-electron chi connectivity index (χ1n) is 7.24. The molecule has 3 aromatic rings. The molecule has 0 unspecified atom stereocenters. The van der Waals surface area contributed by atoms with E-state index in [0.717, 1.165) is 5.69 Å². The summed E-state index contributed by atoms with van der Waals surface area (Å²) in [6.45, 7) is 0. The van der Waals surface area contributed by atoms with Crippen LogP contribution in [0.15, 0.2) is 65.2 Å². The number of thioether (sulfide) groups is 1. The molecular formula is C16H13ClN6OS. The summed E-state index contributed by atoms with van der Waals surface area (Å²) in [6.07, 6.45) is 6.44. The van der Waals surface area contributed by atoms with E-state index in [0.29, 0.717) is 15.9 Å². The third-order valence-electron chi connectivity index (χ3n) is 2.98. The molecule has 126 valence electrons. The first kappa shape index (κ1) is 17.1. The Kier molecular flexibility index (Phi) is 5.76. The predicted molar refractivity (Wildman–Crippen MR) is 97.1 cm³/mol. The van der Waals surface area contributed by atoms with Crippen molar-refractivity contribution in [3.63, 3.8) is 0 Å². The van der Waals surface area contributed by atoms with E-state index < -0.39 is 0 Å². The number of aromatic nitrogens is 4. The van der Waals surface area contributed by atoms with Crippen molar-refractivity contribution in [3.05, 3.63) is 65.7 Å². The van der Waals surface area contributed by atoms with Gasteiger partial charge >= 0.3 is 0 Å². The summed E-state index contributed by atoms with van der Waals surface area (Å²) in [7, 11) is 0. The van der Waals surface area contributed by atoms with Gasteiger partial charge in [0.2, 0.25) is 0 Å². The Morgan fingerprint density at radius 3 is 2.76 bits per heavy atom. The zero-order valence-corrected chi connectivity index (χ0v) is 14.5. The van der Waals surface area contributed by atoms with Crippen LogP contribution in [0.3, 0.4) is 0 Å². The fourth-order valence-electron chi connectivity index (χ4n) is 1.86. The summed E-state index contributed by atoms with van der Waals surface area (Å²) in [5, 5.41) is 8.95. The summed E-state index contributed by atoms with van der Waals surface area (Å²) in [5.74, 6) is -0.0986. The minimum absolute atomic E-state index is 0.165. The van der Waals surface area contributed by atoms with Crippen LogP contribution in [0.4, 0.5) is 0 Å². The number of carbonyl (C=O) groups excluding carboxylic acids is 1. The third kappa shape index (κ3) is 4.88. The lowest BCUT2D eigenvalue weighted by atomic mass is 10.3. The Hall–Kier alpha value is -2.71. The summed E-state index contributed by atoms with van der Waals surface area (Å²) >= 11 is 7.32. The van der Waals surface area contributed by atoms with Crippen LogP contribution < -0.4 is 5.43 Å². The van der Waals surface area contributed by atoms with Crippen LogP contribution in [0.5, 0.6) is 0 Å². The Morgan fingerprint density at radius 2 is 2.00 bits per heavy atom. The molecule has 0 spiro atoms. The topological polar surface area (TPSA) is 85.1 Å². The first-order valence-corrected chi connectivity index (χ1v) is 8.61. The number of hydrogen-bond donors (Lipinski definition) is 1. The lowest BCUT2D eigenvalue weighted by Gasteiger charge is -1.99. The summed E-state index contributed by atoms with van der Waals surface area (Å²) in [5.41, 5.74) is 3.92. The smallest absolute Gasteiger partial charge is 0.250 e. The second kappa shape index (κ2) is 8.41. The molecule has 0 saturated carbocycles. The molecule has 0 bridgehead atoms. The molecule has 0 fully saturated rings. The maximum atomic E-state index is 11.8. The van der Waals surface area contributed by atoms with Crippen molar-refractivity contribution >= 4 is 35.5 Å². The normalized spacial score (nSPS) is 10.9. The Labute approximate surface area is 153 Å². The van der Waals surface area contributed by atoms with E-state index in [1.807, 2.05) is 30.3 Å². The van der Waals surface area contributed by atoms with E-state index in [1.54, 1.807) is 29.3 Å². The van der Waals surface area contributed by atoms with Gasteiger partial charge in [-0.15, -0.1) is 0 Å². The zero-order valence-electron chi connectivity index (χ0n) is 12.9. The molecule has 25 heavy (non-hydrogen) atoms. The van der Waals surface area contributed by atoms with Gasteiger partial charge in [-0.25, -0.2) is 20.1 Å². The minimum atomic E-state index is -0.264. The molecule has 0 aliphatic rings. The average molecular weight is 373 g/mol. The van der Waals surface area contributed by atoms with Crippen LogP contribution in [0.2, 0.25) is 5.15 Å². The monoisotopic (exact) mass is 372 g/mol. The molecule has 1 aromatic carbocycles. The molecule has 0 atom stereocenters. The van der Waals surface area contributed by atoms with Gasteiger partial charge in [0.25, 0.3) is 5.91 Å². The molecular weight excluding hydrogens is 360 g/mol. The fourth-order valence-corrected chi connectivity index (χ4v) is 2.64. The van der Waals surface area contributed by atoms with Crippen LogP contribution in [-0.4, -0.2) is 37.6 Å². The van der Waals surface area contributed by atoms with Crippen LogP contribution in [-0.2, 0) is 4.79 Å². The lowest BCUT2D eigenvalue weighted by Crippen LogP contribution is -2.19. The average Bonchev–Trinajstić information content (AvgIpc) is 3.02. The number of carbonyl (C=O) groups is 1. The van der Waals surface area contributed by atoms with Crippen molar-refractivity contribution < 1.29 is 4.79 Å². The second-order valence-corrected chi connectivity index (χ2v) is 6.07. The van der Waals surface area contributed by atoms with E-state index in [-0.39, 0.29) is 11.7 Å². The van der Waals surface area contributed by atoms with E-state index in [4.69, 9.17) is 11.6 Å². The Bertz CT molecular complexity index is 869. The van der Waals surface area contributed by atoms with Gasteiger partial charge in [0.15, 0.2) is 10.3 Å². The van der Waals surface area contributed by atoms with Crippen LogP contribution >= 0.6 is 23.4 Å². The van der Waals surface area contributed by atoms with Crippen molar-refractivity contribution in [1.29, 1.82) is 0 Å². The van der Waals surface area contributed by atoms with Gasteiger partial charge in [0.1, 0.15) is 0 Å². The highest BCUT2D eigenvalue weighted by molar-refractivity contribution is 7.99. The summed E-state index contributed by atoms with van der Waals surface area (Å²) in [4.78, 5) is 19.8. The van der Waals surface area contributed by atoms with Gasteiger partial charge < -0.3 is 0 Å². The fraction of sp³-hybridized carbons (Fsp3) is 0.0625. The maximum Gasteiger partial charge on any atom is 0.250 e. The van der Waals surface area contributed by atoms with Crippen LogP contribution in [0, 0.1) is 0 Å². The van der Waals surface area contributed by atoms with E-state index in [9.17, 15) is 4.79 Å². The van der Waals surface area contributed by atoms with Gasteiger partial charge in [-0.1, -0.05) is 41.6 Å². The second-order valence-electron chi connectivity index (χ2n) is 4.77. The number of hydrogen-bond acceptors (Lipinski definition) is 6. The largest absolute Gasteiger partial charge is 0.272 e. The van der Waals surface area contributed by atoms with Crippen LogP contribution in [0.25, 0.3) is 5.69 Å². The molecule has 1 N–H and O–H groups in total. The highest BCUT2D eigenvalue weighted by Crippen LogP contribution is 2.15. The van der Waals surface area contributed by atoms with Gasteiger partial charge in [0.05, 0.1) is 23.2 Å². The number of benzene rings is 1. The van der Waals surface area contributed by atoms with Crippen molar-refractivity contribution in [2.24, 2.45) is 5.10 Å². The molecule has 7 nitrogen and oxygen atoms in total. The lowest BCUT2D eigenvalue weighted by molar-refractivity contribution is -0.118. The van der Waals surface area contributed by atoms with Gasteiger partial charge in [0, 0.05) is 18.6 Å². The minimum Gasteiger partial charge on any atom is -0.272 e. The molecule has 1 amide bonds. The molecule has 0 aliphatic heterocycles. The van der Waals surface area contributed by atoms with Gasteiger partial charge in [-0.2, -0.15) is 10.2 Å². The number of halogens is 1. The molecule has 2 aromatic heterocycles. The van der Waals surface area contributed by atoms with Gasteiger partial charge in [-0.3, -0.25) is 4.79 Å². The highest BCUT2D eigenvalue weighted by Gasteiger charge is 2.07. The number of hydrazone groups is 1. The Morgan fingerprint density at radius 1 is 1.24 bits per heavy atom. The third-order valence-corrected chi connectivity index (χ3v) is 4.15. The zero-order chi connectivity index (χ0) is 17.5. The van der Waals surface area contributed by atoms with Crippen molar-refractivity contribution in [2.45, 2.75) is 5.16 Å². The van der Waals surface area contributed by atoms with Crippen molar-refractivity contribution in [3.8, 4) is 5.69 Å². The number of rotatable bonds is 6. The molecule has 0 aliphatic carbocycles. The summed E-state index contributed by atoms with van der Waals surface area (Å²) in [6, 6.07) is 11.3. The highest BCUT2D eigenvalue weighted by atomic mass is 35.5. The molecule has 2 heterocycles. The number of para-hydroxylation sites is 1. The van der Waals surface area contributed by atoms with E-state index >= 15 is 0 Å². The Balaban J connectivity index is 1.55. The number of amides is 1. The maximum absolute atomic E-state index is 11.8. The molecule has 0 radical (unpaired) electrons. The van der Waals surface area contributed by atoms with E-state index in [2.05, 4.69) is 25.6 Å². The van der Waals surface area contributed by atoms with Crippen molar-refractivity contribution in [2.75, 3.05) is 5.75 Å². The number of nitrogens with zero attached hydrogens (tertiary/aromatic N) is 5. The molecule has 0 saturated heterocycles. The first-order chi connectivity index (χ1) is 12.2. The molecule has 3 rings (SSSR count). The quantitative estimate of drug-likeness (QED) is 0.311. The van der Waals surface area contributed by atoms with Gasteiger partial charge in [-0.05, 0) is 18.2 Å². The summed E-state index contributed by atoms with van der Waals surface area (Å²) < 4.78 is 1.65. The molecule has 9 heteroatoms. The SMILES string of the molecule is O=C(CSc1ncccn1)N/N=C/c1cn(-c2ccccc2)nc1Cl. The van der Waals surface area contributed by atoms with E-state index in [1.165, 1.54) is 18.0 Å².